The first-order valence-electron chi connectivity index (χ1n) is 20.5. The van der Waals surface area contributed by atoms with Gasteiger partial charge in [-0.2, -0.15) is 9.97 Å². The fraction of sp³-hybridized carbons (Fsp3) is 0. The van der Waals surface area contributed by atoms with Crippen LogP contribution in [0.3, 0.4) is 0 Å². The Hall–Kier alpha value is -8.35. The Morgan fingerprint density at radius 2 is 0.918 bits per heavy atom. The molecule has 0 radical (unpaired) electrons. The summed E-state index contributed by atoms with van der Waals surface area (Å²) in [6, 6.07) is 70.2. The van der Waals surface area contributed by atoms with Crippen molar-refractivity contribution in [2.24, 2.45) is 0 Å². The lowest BCUT2D eigenvalue weighted by Gasteiger charge is -2.23. The Kier molecular flexibility index (Phi) is 7.21. The lowest BCUT2D eigenvalue weighted by Crippen LogP contribution is -2.06. The first-order chi connectivity index (χ1) is 30.2. The third-order valence-corrected chi connectivity index (χ3v) is 12.2. The number of ether oxygens (including phenoxy) is 1. The molecule has 1 aliphatic rings. The second kappa shape index (κ2) is 13.1. The number of nitrogens with zero attached hydrogens (tertiary/aromatic N) is 5. The van der Waals surface area contributed by atoms with Gasteiger partial charge in [0.15, 0.2) is 11.6 Å². The SMILES string of the molecule is c1ccc(-c2nc(-c3ccccc3)nc(-n3c4ccccc4c4ccc(-c5ccc6c(c5)-c5cccc7c5c(cc5c7c7ccccc7n5-c5ccccc5)O6)cc43)n2)cc1. The molecule has 3 aromatic heterocycles. The summed E-state index contributed by atoms with van der Waals surface area (Å²) in [6.45, 7) is 0. The average molecular weight is 780 g/mol. The van der Waals surface area contributed by atoms with E-state index >= 15 is 0 Å². The van der Waals surface area contributed by atoms with E-state index in [0.29, 0.717) is 17.6 Å². The van der Waals surface area contributed by atoms with Crippen molar-refractivity contribution in [1.29, 1.82) is 0 Å². The molecule has 0 amide bonds. The molecule has 0 N–H and O–H groups in total. The van der Waals surface area contributed by atoms with Crippen LogP contribution >= 0.6 is 0 Å². The van der Waals surface area contributed by atoms with Gasteiger partial charge >= 0.3 is 0 Å². The van der Waals surface area contributed by atoms with Gasteiger partial charge in [0.25, 0.3) is 0 Å². The Labute approximate surface area is 350 Å². The topological polar surface area (TPSA) is 57.8 Å². The molecule has 284 valence electrons. The maximum atomic E-state index is 6.88. The average Bonchev–Trinajstić information content (AvgIpc) is 3.85. The fourth-order valence-electron chi connectivity index (χ4n) is 9.45. The molecule has 61 heavy (non-hydrogen) atoms. The van der Waals surface area contributed by atoms with Crippen LogP contribution in [-0.4, -0.2) is 24.1 Å². The molecule has 9 aromatic carbocycles. The Morgan fingerprint density at radius 1 is 0.328 bits per heavy atom. The molecule has 0 unspecified atom stereocenters. The zero-order valence-corrected chi connectivity index (χ0v) is 32.7. The van der Waals surface area contributed by atoms with E-state index in [1.165, 1.54) is 21.7 Å². The van der Waals surface area contributed by atoms with Crippen LogP contribution in [0.25, 0.3) is 111 Å². The lowest BCUT2D eigenvalue weighted by atomic mass is 9.90. The number of aromatic nitrogens is 5. The third-order valence-electron chi connectivity index (χ3n) is 12.2. The Balaban J connectivity index is 0.999. The highest BCUT2D eigenvalue weighted by Gasteiger charge is 2.26. The lowest BCUT2D eigenvalue weighted by molar-refractivity contribution is 0.487. The number of benzene rings is 9. The van der Waals surface area contributed by atoms with Crippen LogP contribution in [0.4, 0.5) is 0 Å². The monoisotopic (exact) mass is 779 g/mol. The highest BCUT2D eigenvalue weighted by Crippen LogP contribution is 2.51. The van der Waals surface area contributed by atoms with Gasteiger partial charge in [-0.3, -0.25) is 4.57 Å². The smallest absolute Gasteiger partial charge is 0.238 e. The Bertz CT molecular complexity index is 3660. The summed E-state index contributed by atoms with van der Waals surface area (Å²) in [4.78, 5) is 15.3. The van der Waals surface area contributed by atoms with E-state index in [1.807, 2.05) is 60.7 Å². The molecular formula is C55H33N5O. The van der Waals surface area contributed by atoms with Gasteiger partial charge in [-0.1, -0.05) is 152 Å². The molecule has 0 aliphatic carbocycles. The molecule has 1 aliphatic heterocycles. The summed E-state index contributed by atoms with van der Waals surface area (Å²) in [6.07, 6.45) is 0. The van der Waals surface area contributed by atoms with Crippen molar-refractivity contribution in [3.05, 3.63) is 200 Å². The molecular weight excluding hydrogens is 747 g/mol. The summed E-state index contributed by atoms with van der Waals surface area (Å²) >= 11 is 0. The van der Waals surface area contributed by atoms with Gasteiger partial charge in [-0.25, -0.2) is 4.98 Å². The molecule has 13 rings (SSSR count). The molecule has 0 fully saturated rings. The highest BCUT2D eigenvalue weighted by atomic mass is 16.5. The number of rotatable bonds is 5. The minimum absolute atomic E-state index is 0.568. The van der Waals surface area contributed by atoms with E-state index in [1.54, 1.807) is 0 Å². The zero-order chi connectivity index (χ0) is 40.0. The van der Waals surface area contributed by atoms with Crippen LogP contribution in [0.5, 0.6) is 11.5 Å². The summed E-state index contributed by atoms with van der Waals surface area (Å²) < 4.78 is 11.4. The maximum Gasteiger partial charge on any atom is 0.238 e. The summed E-state index contributed by atoms with van der Waals surface area (Å²) in [7, 11) is 0. The van der Waals surface area contributed by atoms with Gasteiger partial charge in [0.2, 0.25) is 5.95 Å². The molecule has 0 bridgehead atoms. The van der Waals surface area contributed by atoms with E-state index in [0.717, 1.165) is 83.3 Å². The molecule has 6 nitrogen and oxygen atoms in total. The quantitative estimate of drug-likeness (QED) is 0.175. The van der Waals surface area contributed by atoms with Gasteiger partial charge in [0.1, 0.15) is 11.5 Å². The highest BCUT2D eigenvalue weighted by molar-refractivity contribution is 6.25. The van der Waals surface area contributed by atoms with Crippen LogP contribution in [0.1, 0.15) is 0 Å². The first kappa shape index (κ1) is 33.6. The van der Waals surface area contributed by atoms with Crippen molar-refractivity contribution in [2.45, 2.75) is 0 Å². The van der Waals surface area contributed by atoms with Crippen molar-refractivity contribution >= 4 is 54.4 Å². The second-order valence-corrected chi connectivity index (χ2v) is 15.6. The summed E-state index contributed by atoms with van der Waals surface area (Å²) in [5.74, 6) is 3.52. The molecule has 0 saturated carbocycles. The van der Waals surface area contributed by atoms with E-state index in [-0.39, 0.29) is 0 Å². The Morgan fingerprint density at radius 3 is 1.66 bits per heavy atom. The van der Waals surface area contributed by atoms with Gasteiger partial charge in [-0.05, 0) is 64.5 Å². The van der Waals surface area contributed by atoms with Crippen LogP contribution < -0.4 is 4.74 Å². The second-order valence-electron chi connectivity index (χ2n) is 15.6. The summed E-state index contributed by atoms with van der Waals surface area (Å²) in [5.41, 5.74) is 11.7. The molecule has 0 atom stereocenters. The first-order valence-corrected chi connectivity index (χ1v) is 20.5. The number of hydrogen-bond donors (Lipinski definition) is 0. The molecule has 6 heteroatoms. The van der Waals surface area contributed by atoms with Crippen LogP contribution in [0, 0.1) is 0 Å². The molecule has 12 aromatic rings. The maximum absolute atomic E-state index is 6.88. The largest absolute Gasteiger partial charge is 0.456 e. The van der Waals surface area contributed by atoms with Crippen molar-refractivity contribution < 1.29 is 4.74 Å². The summed E-state index contributed by atoms with van der Waals surface area (Å²) in [5, 5.41) is 7.02. The van der Waals surface area contributed by atoms with Crippen LogP contribution in [-0.2, 0) is 0 Å². The molecule has 0 saturated heterocycles. The number of hydrogen-bond acceptors (Lipinski definition) is 4. The van der Waals surface area contributed by atoms with E-state index < -0.39 is 0 Å². The number of fused-ring (bicyclic) bond motifs is 9. The van der Waals surface area contributed by atoms with Crippen LogP contribution in [0.2, 0.25) is 0 Å². The minimum Gasteiger partial charge on any atom is -0.456 e. The van der Waals surface area contributed by atoms with Gasteiger partial charge in [0.05, 0.1) is 22.1 Å². The van der Waals surface area contributed by atoms with E-state index in [2.05, 4.69) is 149 Å². The van der Waals surface area contributed by atoms with Gasteiger partial charge in [-0.15, -0.1) is 0 Å². The predicted octanol–water partition coefficient (Wildman–Crippen LogP) is 14.0. The normalized spacial score (nSPS) is 12.1. The van der Waals surface area contributed by atoms with Crippen molar-refractivity contribution in [3.63, 3.8) is 0 Å². The van der Waals surface area contributed by atoms with Crippen LogP contribution in [0.15, 0.2) is 200 Å². The van der Waals surface area contributed by atoms with E-state index in [4.69, 9.17) is 19.7 Å². The van der Waals surface area contributed by atoms with Gasteiger partial charge < -0.3 is 9.30 Å². The predicted molar refractivity (Wildman–Crippen MR) is 248 cm³/mol. The zero-order valence-electron chi connectivity index (χ0n) is 32.7. The molecule has 4 heterocycles. The van der Waals surface area contributed by atoms with E-state index in [9.17, 15) is 0 Å². The van der Waals surface area contributed by atoms with Crippen molar-refractivity contribution in [3.8, 4) is 68.2 Å². The van der Waals surface area contributed by atoms with Crippen molar-refractivity contribution in [2.75, 3.05) is 0 Å². The number of para-hydroxylation sites is 3. The standard InChI is InChI=1S/C55H33N5O/c1-4-15-34(16-5-1)53-56-54(35-17-6-2-7-18-35)58-55(57-53)60-45-25-12-10-21-39(45)40-29-27-37(32-47(40)60)36-28-30-49-44(31-36)41-23-14-24-43-51-42-22-11-13-26-46(42)59(38-19-8-3-9-20-38)48(51)33-50(61-49)52(41)43/h1-33H. The van der Waals surface area contributed by atoms with Gasteiger partial charge in [0, 0.05) is 55.4 Å². The third kappa shape index (κ3) is 5.12. The fourth-order valence-corrected chi connectivity index (χ4v) is 9.45. The minimum atomic E-state index is 0.568. The molecule has 0 spiro atoms. The van der Waals surface area contributed by atoms with Crippen molar-refractivity contribution in [1.82, 2.24) is 24.1 Å².